The third-order valence-electron chi connectivity index (χ3n) is 8.77. The number of para-hydroxylation sites is 1. The molecular formula is C44H28O. The van der Waals surface area contributed by atoms with Crippen LogP contribution in [0.5, 0.6) is 0 Å². The fraction of sp³-hybridized carbons (Fsp3) is 0. The average Bonchev–Trinajstić information content (AvgIpc) is 3.53. The second-order valence-corrected chi connectivity index (χ2v) is 11.2. The predicted octanol–water partition coefficient (Wildman–Crippen LogP) is 12.6. The molecular weight excluding hydrogens is 544 g/mol. The van der Waals surface area contributed by atoms with Gasteiger partial charge in [-0.15, -0.1) is 0 Å². The normalized spacial score (nSPS) is 13.1. The lowest BCUT2D eigenvalue weighted by molar-refractivity contribution is 0.669. The topological polar surface area (TPSA) is 13.1 Å². The minimum absolute atomic E-state index is 0.139. The van der Waals surface area contributed by atoms with E-state index in [0.717, 1.165) is 65.7 Å². The predicted molar refractivity (Wildman–Crippen MR) is 190 cm³/mol. The van der Waals surface area contributed by atoms with E-state index in [1.165, 1.54) is 0 Å². The minimum atomic E-state index is -0.424. The monoisotopic (exact) mass is 577 g/mol. The number of hydrogen-bond donors (Lipinski definition) is 0. The first-order chi connectivity index (χ1) is 24.4. The second-order valence-electron chi connectivity index (χ2n) is 11.2. The van der Waals surface area contributed by atoms with Gasteiger partial charge >= 0.3 is 0 Å². The first-order valence-corrected chi connectivity index (χ1v) is 15.0. The van der Waals surface area contributed by atoms with Crippen LogP contribution in [0.4, 0.5) is 0 Å². The van der Waals surface area contributed by atoms with Crippen LogP contribution in [0.3, 0.4) is 0 Å². The summed E-state index contributed by atoms with van der Waals surface area (Å²) in [5.74, 6) is 0. The molecule has 0 unspecified atom stereocenters. The van der Waals surface area contributed by atoms with Gasteiger partial charge < -0.3 is 4.42 Å². The molecule has 0 aliphatic carbocycles. The molecule has 45 heavy (non-hydrogen) atoms. The summed E-state index contributed by atoms with van der Waals surface area (Å²) in [6.45, 7) is 0. The Morgan fingerprint density at radius 1 is 0.356 bits per heavy atom. The summed E-state index contributed by atoms with van der Waals surface area (Å²) in [6, 6.07) is 45.7. The smallest absolute Gasteiger partial charge is 0.136 e. The van der Waals surface area contributed by atoms with Gasteiger partial charge in [0.25, 0.3) is 0 Å². The average molecular weight is 578 g/mol. The van der Waals surface area contributed by atoms with Crippen molar-refractivity contribution in [1.29, 1.82) is 0 Å². The van der Waals surface area contributed by atoms with Gasteiger partial charge in [0.05, 0.1) is 6.85 Å². The first-order valence-electron chi connectivity index (χ1n) is 17.5. The van der Waals surface area contributed by atoms with Crippen LogP contribution >= 0.6 is 0 Å². The molecule has 0 N–H and O–H groups in total. The van der Waals surface area contributed by atoms with E-state index in [2.05, 4.69) is 91.0 Å². The summed E-state index contributed by atoms with van der Waals surface area (Å²) in [5.41, 5.74) is 8.11. The molecule has 1 aromatic heterocycles. The van der Waals surface area contributed by atoms with E-state index in [4.69, 9.17) is 11.3 Å². The van der Waals surface area contributed by atoms with Gasteiger partial charge in [-0.05, 0) is 84.3 Å². The largest absolute Gasteiger partial charge is 0.456 e. The SMILES string of the molecule is [2H]c1c([2H])c([2H])c(-c2cc3oc4ccccc4c3cc2-c2c3ccccc3c(-c3ccccc3-c3ccccc3)c3ccccc23)c([2H])c1[2H]. The third-order valence-corrected chi connectivity index (χ3v) is 8.77. The zero-order valence-electron chi connectivity index (χ0n) is 29.2. The van der Waals surface area contributed by atoms with Crippen molar-refractivity contribution >= 4 is 43.5 Å². The van der Waals surface area contributed by atoms with Crippen LogP contribution in [0.2, 0.25) is 0 Å². The van der Waals surface area contributed by atoms with Gasteiger partial charge in [0, 0.05) is 10.8 Å². The van der Waals surface area contributed by atoms with E-state index >= 15 is 0 Å². The Kier molecular flexibility index (Phi) is 4.81. The van der Waals surface area contributed by atoms with Crippen LogP contribution in [0.25, 0.3) is 88.0 Å². The number of benzene rings is 8. The highest BCUT2D eigenvalue weighted by Gasteiger charge is 2.22. The Bertz CT molecular complexity index is 2730. The fourth-order valence-corrected chi connectivity index (χ4v) is 6.85. The molecule has 9 rings (SSSR count). The van der Waals surface area contributed by atoms with E-state index in [1.54, 1.807) is 0 Å². The number of rotatable bonds is 4. The zero-order chi connectivity index (χ0) is 34.1. The Labute approximate surface area is 268 Å². The summed E-state index contributed by atoms with van der Waals surface area (Å²) in [7, 11) is 0. The molecule has 0 saturated heterocycles. The molecule has 0 radical (unpaired) electrons. The molecule has 8 aromatic carbocycles. The maximum Gasteiger partial charge on any atom is 0.136 e. The molecule has 1 heterocycles. The van der Waals surface area contributed by atoms with Gasteiger partial charge in [-0.2, -0.15) is 0 Å². The molecule has 1 nitrogen and oxygen atoms in total. The highest BCUT2D eigenvalue weighted by molar-refractivity contribution is 6.24. The molecule has 210 valence electrons. The molecule has 0 saturated carbocycles. The van der Waals surface area contributed by atoms with Gasteiger partial charge in [0.1, 0.15) is 11.2 Å². The fourth-order valence-electron chi connectivity index (χ4n) is 6.85. The molecule has 0 atom stereocenters. The lowest BCUT2D eigenvalue weighted by Gasteiger charge is -2.21. The summed E-state index contributed by atoms with van der Waals surface area (Å²) in [4.78, 5) is 0. The van der Waals surface area contributed by atoms with Gasteiger partial charge in [0.2, 0.25) is 0 Å². The molecule has 1 heteroatoms. The Hall–Kier alpha value is -5.92. The van der Waals surface area contributed by atoms with Gasteiger partial charge in [-0.3, -0.25) is 0 Å². The molecule has 0 amide bonds. The quantitative estimate of drug-likeness (QED) is 0.190. The highest BCUT2D eigenvalue weighted by Crippen LogP contribution is 2.49. The lowest BCUT2D eigenvalue weighted by atomic mass is 9.82. The molecule has 0 spiro atoms. The standard InChI is InChI=1S/C44H28O/c1-3-15-29(16-4-1)31-19-7-8-21-33(31)43-34-22-9-11-24-36(34)44(37-25-12-10-23-35(37)43)40-27-39-32-20-13-14-26-41(32)45-42(39)28-38(40)30-17-5-2-6-18-30/h1-28H/i2D,5D,6D,17D,18D. The van der Waals surface area contributed by atoms with E-state index < -0.39 is 6.04 Å². The van der Waals surface area contributed by atoms with E-state index in [1.807, 2.05) is 48.5 Å². The summed E-state index contributed by atoms with van der Waals surface area (Å²) in [5, 5.41) is 5.91. The molecule has 0 fully saturated rings. The van der Waals surface area contributed by atoms with Crippen molar-refractivity contribution in [3.63, 3.8) is 0 Å². The first kappa shape index (κ1) is 20.9. The van der Waals surface area contributed by atoms with E-state index in [-0.39, 0.29) is 29.7 Å². The van der Waals surface area contributed by atoms with Crippen LogP contribution < -0.4 is 0 Å². The Morgan fingerprint density at radius 3 is 1.56 bits per heavy atom. The summed E-state index contributed by atoms with van der Waals surface area (Å²) >= 11 is 0. The molecule has 0 aliphatic heterocycles. The summed E-state index contributed by atoms with van der Waals surface area (Å²) < 4.78 is 49.8. The van der Waals surface area contributed by atoms with Crippen molar-refractivity contribution in [3.05, 3.63) is 170 Å². The van der Waals surface area contributed by atoms with Crippen LogP contribution in [-0.4, -0.2) is 0 Å². The highest BCUT2D eigenvalue weighted by atomic mass is 16.3. The minimum Gasteiger partial charge on any atom is -0.456 e. The molecule has 0 bridgehead atoms. The van der Waals surface area contributed by atoms with Crippen molar-refractivity contribution < 1.29 is 11.3 Å². The van der Waals surface area contributed by atoms with Crippen LogP contribution in [-0.2, 0) is 0 Å². The van der Waals surface area contributed by atoms with Crippen molar-refractivity contribution in [1.82, 2.24) is 0 Å². The number of hydrogen-bond acceptors (Lipinski definition) is 1. The second kappa shape index (κ2) is 10.4. The number of fused-ring (bicyclic) bond motifs is 5. The number of furan rings is 1. The van der Waals surface area contributed by atoms with Crippen molar-refractivity contribution in [2.45, 2.75) is 0 Å². The van der Waals surface area contributed by atoms with Crippen molar-refractivity contribution in [2.75, 3.05) is 0 Å². The van der Waals surface area contributed by atoms with Gasteiger partial charge in [-0.1, -0.05) is 152 Å². The molecule has 9 aromatic rings. The van der Waals surface area contributed by atoms with Gasteiger partial charge in [0.15, 0.2) is 0 Å². The van der Waals surface area contributed by atoms with Crippen LogP contribution in [0.15, 0.2) is 174 Å². The van der Waals surface area contributed by atoms with E-state index in [9.17, 15) is 0 Å². The van der Waals surface area contributed by atoms with Gasteiger partial charge in [-0.25, -0.2) is 0 Å². The maximum absolute atomic E-state index is 9.02. The summed E-state index contributed by atoms with van der Waals surface area (Å²) in [6.07, 6.45) is 0. The van der Waals surface area contributed by atoms with E-state index in [0.29, 0.717) is 16.7 Å². The maximum atomic E-state index is 9.02. The Balaban J connectivity index is 1.47. The third kappa shape index (κ3) is 4.09. The van der Waals surface area contributed by atoms with Crippen LogP contribution in [0.1, 0.15) is 6.85 Å². The van der Waals surface area contributed by atoms with Crippen molar-refractivity contribution in [2.24, 2.45) is 0 Å². The Morgan fingerprint density at radius 2 is 0.889 bits per heavy atom. The van der Waals surface area contributed by atoms with Crippen molar-refractivity contribution in [3.8, 4) is 44.5 Å². The zero-order valence-corrected chi connectivity index (χ0v) is 24.2. The molecule has 0 aliphatic rings. The van der Waals surface area contributed by atoms with Crippen LogP contribution in [0, 0.1) is 0 Å². The lowest BCUT2D eigenvalue weighted by Crippen LogP contribution is -1.94.